The van der Waals surface area contributed by atoms with E-state index in [1.807, 2.05) is 0 Å². The summed E-state index contributed by atoms with van der Waals surface area (Å²) in [5.41, 5.74) is 5.49. The van der Waals surface area contributed by atoms with Crippen LogP contribution in [0.1, 0.15) is 207 Å². The van der Waals surface area contributed by atoms with Crippen molar-refractivity contribution in [2.75, 3.05) is 18.9 Å². The van der Waals surface area contributed by atoms with Crippen molar-refractivity contribution >= 4 is 54.2 Å². The van der Waals surface area contributed by atoms with Crippen LogP contribution in [0.5, 0.6) is 0 Å². The molecule has 0 aliphatic rings. The zero-order valence-corrected chi connectivity index (χ0v) is 39.2. The molecule has 0 saturated heterocycles. The lowest BCUT2D eigenvalue weighted by Gasteiger charge is -2.34. The molecule has 14 nitrogen and oxygen atoms in total. The van der Waals surface area contributed by atoms with Crippen molar-refractivity contribution in [1.29, 1.82) is 0 Å². The van der Waals surface area contributed by atoms with Gasteiger partial charge in [-0.3, -0.25) is 33.6 Å². The fourth-order valence-electron chi connectivity index (χ4n) is 6.97. The molecule has 0 aromatic carbocycles. The van der Waals surface area contributed by atoms with Gasteiger partial charge in [0, 0.05) is 31.4 Å². The number of hydrogen-bond donors (Lipinski definition) is 5. The number of amides is 4. The first kappa shape index (κ1) is 57.6. The zero-order chi connectivity index (χ0) is 45.7. The Hall–Kier alpha value is -3.36. The van der Waals surface area contributed by atoms with E-state index in [1.165, 1.54) is 39.0 Å². The molecule has 0 fully saturated rings. The molecule has 5 N–H and O–H groups in total. The Bertz CT molecular complexity index is 1240. The van der Waals surface area contributed by atoms with Crippen molar-refractivity contribution in [1.82, 2.24) is 15.5 Å². The number of unbranched alkanes of at least 4 members (excludes halogenated alkanes) is 20. The lowest BCUT2D eigenvalue weighted by Crippen LogP contribution is -2.59. The van der Waals surface area contributed by atoms with Gasteiger partial charge in [0.2, 0.25) is 23.6 Å². The van der Waals surface area contributed by atoms with Crippen LogP contribution in [-0.2, 0) is 43.0 Å². The quantitative estimate of drug-likeness (QED) is 0.0226. The second-order valence-corrected chi connectivity index (χ2v) is 16.8. The maximum atomic E-state index is 14.3. The van der Waals surface area contributed by atoms with Gasteiger partial charge in [-0.15, -0.1) is 0 Å². The Morgan fingerprint density at radius 1 is 0.607 bits per heavy atom. The molecule has 0 bridgehead atoms. The Kier molecular flexibility index (Phi) is 36.2. The van der Waals surface area contributed by atoms with Gasteiger partial charge in [-0.1, -0.05) is 149 Å². The van der Waals surface area contributed by atoms with E-state index >= 15 is 0 Å². The van der Waals surface area contributed by atoms with Gasteiger partial charge in [-0.2, -0.15) is 12.6 Å². The number of nitrogens with two attached hydrogens (primary N) is 1. The minimum atomic E-state index is -1.34. The summed E-state index contributed by atoms with van der Waals surface area (Å²) in [5.74, 6) is -5.19. The molecule has 0 heterocycles. The van der Waals surface area contributed by atoms with E-state index in [9.17, 15) is 38.7 Å². The van der Waals surface area contributed by atoms with E-state index in [1.54, 1.807) is 0 Å². The van der Waals surface area contributed by atoms with Crippen LogP contribution in [0, 0.1) is 0 Å². The molecule has 4 atom stereocenters. The van der Waals surface area contributed by atoms with Crippen LogP contribution < -0.4 is 16.4 Å². The summed E-state index contributed by atoms with van der Waals surface area (Å²) >= 11 is 4.36. The topological polar surface area (TPSA) is 212 Å². The second-order valence-electron chi connectivity index (χ2n) is 16.5. The number of carboxylic acids is 1. The van der Waals surface area contributed by atoms with E-state index in [-0.39, 0.29) is 44.0 Å². The van der Waals surface area contributed by atoms with Crippen LogP contribution in [0.15, 0.2) is 0 Å². The van der Waals surface area contributed by atoms with E-state index in [4.69, 9.17) is 15.2 Å². The SMILES string of the molecule is CCCCCCCCCCCC(=O)NC(CS)C(=O)N(C[C@H](COC(=O)CCCCCCCCC)OC(=O)CCCCCCCCC)[C@@H](C)C(=O)N[C@H](CCC(=O)O)C(N)=O. The fourth-order valence-corrected chi connectivity index (χ4v) is 7.22. The van der Waals surface area contributed by atoms with Crippen LogP contribution in [0.2, 0.25) is 0 Å². The molecular weight excluding hydrogens is 801 g/mol. The Morgan fingerprint density at radius 3 is 1.49 bits per heavy atom. The van der Waals surface area contributed by atoms with Gasteiger partial charge in [-0.05, 0) is 32.6 Å². The number of nitrogens with one attached hydrogen (secondary N) is 2. The van der Waals surface area contributed by atoms with Gasteiger partial charge in [0.05, 0.1) is 6.54 Å². The largest absolute Gasteiger partial charge is 0.481 e. The molecule has 1 unspecified atom stereocenters. The molecule has 0 spiro atoms. The molecule has 4 amide bonds. The highest BCUT2D eigenvalue weighted by atomic mass is 32.1. The van der Waals surface area contributed by atoms with Crippen molar-refractivity contribution in [2.45, 2.75) is 232 Å². The van der Waals surface area contributed by atoms with Crippen molar-refractivity contribution in [3.8, 4) is 0 Å². The van der Waals surface area contributed by atoms with Gasteiger partial charge in [-0.25, -0.2) is 0 Å². The Balaban J connectivity index is 6.14. The molecule has 0 aliphatic heterocycles. The predicted molar refractivity (Wildman–Crippen MR) is 243 cm³/mol. The molecule has 0 aromatic heterocycles. The molecule has 0 rings (SSSR count). The normalized spacial score (nSPS) is 13.1. The van der Waals surface area contributed by atoms with Gasteiger partial charge in [0.25, 0.3) is 0 Å². The molecular formula is C46H84N4O10S. The molecule has 0 saturated carbocycles. The standard InChI is InChI=1S/C46H84N4O10S/c1-5-8-11-14-17-18-21-22-25-28-40(51)48-39(35-61)46(58)50(36(4)45(57)49-38(44(47)56)31-32-41(52)53)33-37(60-43(55)30-27-24-20-16-13-10-7-3)34-59-42(54)29-26-23-19-15-12-9-6-2/h36-39,61H,5-35H2,1-4H3,(H2,47,56)(H,48,51)(H,49,57)(H,52,53)/t36-,37+,38+,39?/m0/s1. The molecule has 354 valence electrons. The predicted octanol–water partition coefficient (Wildman–Crippen LogP) is 8.11. The van der Waals surface area contributed by atoms with Crippen LogP contribution in [0.4, 0.5) is 0 Å². The number of aliphatic carboxylic acids is 1. The van der Waals surface area contributed by atoms with E-state index in [0.717, 1.165) is 101 Å². The first-order valence-electron chi connectivity index (χ1n) is 23.7. The molecule has 0 aliphatic carbocycles. The van der Waals surface area contributed by atoms with E-state index in [2.05, 4.69) is 44.0 Å². The van der Waals surface area contributed by atoms with Crippen molar-refractivity contribution in [3.05, 3.63) is 0 Å². The van der Waals surface area contributed by atoms with Gasteiger partial charge < -0.3 is 35.8 Å². The summed E-state index contributed by atoms with van der Waals surface area (Å²) in [6.45, 7) is 7.11. The minimum Gasteiger partial charge on any atom is -0.481 e. The van der Waals surface area contributed by atoms with Crippen molar-refractivity contribution in [3.63, 3.8) is 0 Å². The Labute approximate surface area is 373 Å². The molecule has 0 radical (unpaired) electrons. The van der Waals surface area contributed by atoms with Crippen molar-refractivity contribution in [2.24, 2.45) is 5.73 Å². The van der Waals surface area contributed by atoms with Crippen LogP contribution in [0.3, 0.4) is 0 Å². The number of rotatable bonds is 41. The van der Waals surface area contributed by atoms with Crippen molar-refractivity contribution < 1.29 is 48.1 Å². The number of carbonyl (C=O) groups is 7. The fraction of sp³-hybridized carbons (Fsp3) is 0.848. The highest BCUT2D eigenvalue weighted by Crippen LogP contribution is 2.16. The number of carboxylic acid groups (broad SMARTS) is 1. The van der Waals surface area contributed by atoms with Gasteiger partial charge >= 0.3 is 17.9 Å². The number of hydrogen-bond acceptors (Lipinski definition) is 10. The maximum Gasteiger partial charge on any atom is 0.306 e. The van der Waals surface area contributed by atoms with Gasteiger partial charge in [0.1, 0.15) is 24.7 Å². The monoisotopic (exact) mass is 885 g/mol. The summed E-state index contributed by atoms with van der Waals surface area (Å²) in [6, 6.07) is -3.85. The number of primary amides is 1. The maximum absolute atomic E-state index is 14.3. The molecule has 61 heavy (non-hydrogen) atoms. The summed E-state index contributed by atoms with van der Waals surface area (Å²) < 4.78 is 11.4. The third-order valence-corrected chi connectivity index (χ3v) is 11.2. The average Bonchev–Trinajstić information content (AvgIpc) is 3.23. The number of thiol groups is 1. The highest BCUT2D eigenvalue weighted by Gasteiger charge is 2.35. The average molecular weight is 885 g/mol. The van der Waals surface area contributed by atoms with Gasteiger partial charge in [0.15, 0.2) is 6.10 Å². The number of esters is 2. The third-order valence-electron chi connectivity index (χ3n) is 10.9. The summed E-state index contributed by atoms with van der Waals surface area (Å²) in [7, 11) is 0. The highest BCUT2D eigenvalue weighted by molar-refractivity contribution is 7.80. The third kappa shape index (κ3) is 31.2. The molecule has 15 heteroatoms. The minimum absolute atomic E-state index is 0.109. The lowest BCUT2D eigenvalue weighted by atomic mass is 10.1. The second kappa shape index (κ2) is 38.3. The number of carbonyl (C=O) groups excluding carboxylic acids is 6. The first-order valence-corrected chi connectivity index (χ1v) is 24.3. The molecule has 0 aromatic rings. The zero-order valence-electron chi connectivity index (χ0n) is 38.3. The summed E-state index contributed by atoms with van der Waals surface area (Å²) in [6.07, 6.45) is 22.3. The van der Waals surface area contributed by atoms with E-state index in [0.29, 0.717) is 19.3 Å². The number of ether oxygens (including phenoxy) is 2. The summed E-state index contributed by atoms with van der Waals surface area (Å²) in [5, 5.41) is 14.4. The summed E-state index contributed by atoms with van der Waals surface area (Å²) in [4.78, 5) is 91.7. The smallest absolute Gasteiger partial charge is 0.306 e. The van der Waals surface area contributed by atoms with Crippen LogP contribution in [-0.4, -0.2) is 94.7 Å². The van der Waals surface area contributed by atoms with Crippen LogP contribution >= 0.6 is 12.6 Å². The first-order chi connectivity index (χ1) is 29.3. The Morgan fingerprint density at radius 2 is 1.05 bits per heavy atom. The van der Waals surface area contributed by atoms with Crippen LogP contribution in [0.25, 0.3) is 0 Å². The lowest BCUT2D eigenvalue weighted by molar-refractivity contribution is -0.163. The van der Waals surface area contributed by atoms with E-state index < -0.39 is 72.8 Å². The number of nitrogens with zero attached hydrogens (tertiary/aromatic N) is 1.